The van der Waals surface area contributed by atoms with Crippen LogP contribution in [-0.4, -0.2) is 31.3 Å². The lowest BCUT2D eigenvalue weighted by Gasteiger charge is -2.15. The van der Waals surface area contributed by atoms with Crippen molar-refractivity contribution in [3.05, 3.63) is 27.5 Å². The van der Waals surface area contributed by atoms with Crippen LogP contribution < -0.4 is 14.2 Å². The van der Waals surface area contributed by atoms with E-state index in [1.54, 1.807) is 33.5 Å². The first-order valence-corrected chi connectivity index (χ1v) is 7.19. The summed E-state index contributed by atoms with van der Waals surface area (Å²) in [6.07, 6.45) is 0. The van der Waals surface area contributed by atoms with Gasteiger partial charge in [0, 0.05) is 12.1 Å². The zero-order valence-electron chi connectivity index (χ0n) is 12.0. The second-order valence-corrected chi connectivity index (χ2v) is 5.30. The highest BCUT2D eigenvalue weighted by molar-refractivity contribution is 9.10. The molecule has 112 valence electrons. The Labute approximate surface area is 136 Å². The summed E-state index contributed by atoms with van der Waals surface area (Å²) in [4.78, 5) is 8.72. The van der Waals surface area contributed by atoms with Gasteiger partial charge in [0.05, 0.1) is 31.5 Å². The van der Waals surface area contributed by atoms with Crippen LogP contribution in [0, 0.1) is 6.92 Å². The summed E-state index contributed by atoms with van der Waals surface area (Å²) < 4.78 is 16.7. The van der Waals surface area contributed by atoms with Gasteiger partial charge < -0.3 is 14.2 Å². The first-order chi connectivity index (χ1) is 10.0. The summed E-state index contributed by atoms with van der Waals surface area (Å²) >= 11 is 9.45. The van der Waals surface area contributed by atoms with Crippen molar-refractivity contribution in [2.24, 2.45) is 0 Å². The van der Waals surface area contributed by atoms with Crippen molar-refractivity contribution in [2.45, 2.75) is 6.92 Å². The molecule has 7 heteroatoms. The summed E-state index contributed by atoms with van der Waals surface area (Å²) in [5.41, 5.74) is 1.35. The molecule has 1 aromatic carbocycles. The number of benzene rings is 1. The van der Waals surface area contributed by atoms with E-state index in [0.29, 0.717) is 38.3 Å². The molecule has 0 N–H and O–H groups in total. The van der Waals surface area contributed by atoms with Crippen LogP contribution in [0.25, 0.3) is 11.4 Å². The van der Waals surface area contributed by atoms with Crippen LogP contribution in [0.2, 0.25) is 5.15 Å². The molecule has 0 aliphatic heterocycles. The maximum Gasteiger partial charge on any atom is 0.168 e. The Kier molecular flexibility index (Phi) is 4.90. The number of ether oxygens (including phenoxy) is 3. The normalized spacial score (nSPS) is 10.4. The first kappa shape index (κ1) is 15.9. The van der Waals surface area contributed by atoms with E-state index < -0.39 is 0 Å². The Morgan fingerprint density at radius 2 is 1.57 bits per heavy atom. The van der Waals surface area contributed by atoms with Crippen LogP contribution in [-0.2, 0) is 0 Å². The summed E-state index contributed by atoms with van der Waals surface area (Å²) in [6, 6.07) is 3.49. The summed E-state index contributed by atoms with van der Waals surface area (Å²) in [6.45, 7) is 1.84. The maximum atomic E-state index is 6.11. The van der Waals surface area contributed by atoms with Crippen LogP contribution in [0.1, 0.15) is 5.69 Å². The number of hydrogen-bond acceptors (Lipinski definition) is 5. The van der Waals surface area contributed by atoms with Gasteiger partial charge in [-0.1, -0.05) is 11.6 Å². The molecule has 1 heterocycles. The molecule has 21 heavy (non-hydrogen) atoms. The number of halogens is 2. The zero-order chi connectivity index (χ0) is 15.6. The highest BCUT2D eigenvalue weighted by atomic mass is 79.9. The van der Waals surface area contributed by atoms with E-state index in [0.717, 1.165) is 5.69 Å². The molecule has 0 bridgehead atoms. The Hall–Kier alpha value is -1.53. The molecule has 0 unspecified atom stereocenters. The predicted molar refractivity (Wildman–Crippen MR) is 84.6 cm³/mol. The quantitative estimate of drug-likeness (QED) is 0.761. The molecule has 0 saturated carbocycles. The Morgan fingerprint density at radius 3 is 2.00 bits per heavy atom. The molecule has 1 aromatic heterocycles. The van der Waals surface area contributed by atoms with E-state index in [-0.39, 0.29) is 0 Å². The average molecular weight is 374 g/mol. The standard InChI is InChI=1S/C14H14BrClN2O3/c1-7-12(15)13(16)18-14(17-7)11-9(20-3)5-8(19-2)6-10(11)21-4/h5-6H,1-4H3. The number of hydrogen-bond donors (Lipinski definition) is 0. The fourth-order valence-electron chi connectivity index (χ4n) is 1.86. The zero-order valence-corrected chi connectivity index (χ0v) is 14.4. The molecule has 5 nitrogen and oxygen atoms in total. The molecule has 0 aliphatic rings. The van der Waals surface area contributed by atoms with Gasteiger partial charge in [-0.25, -0.2) is 9.97 Å². The highest BCUT2D eigenvalue weighted by Crippen LogP contribution is 2.41. The third kappa shape index (κ3) is 3.06. The fourth-order valence-corrected chi connectivity index (χ4v) is 2.26. The van der Waals surface area contributed by atoms with Crippen molar-refractivity contribution in [1.82, 2.24) is 9.97 Å². The van der Waals surface area contributed by atoms with Crippen molar-refractivity contribution in [1.29, 1.82) is 0 Å². The van der Waals surface area contributed by atoms with Gasteiger partial charge in [0.15, 0.2) is 5.82 Å². The molecular weight excluding hydrogens is 360 g/mol. The Bertz CT molecular complexity index is 631. The van der Waals surface area contributed by atoms with Gasteiger partial charge >= 0.3 is 0 Å². The number of rotatable bonds is 4. The lowest BCUT2D eigenvalue weighted by molar-refractivity contribution is 0.377. The third-order valence-electron chi connectivity index (χ3n) is 2.92. The van der Waals surface area contributed by atoms with E-state index >= 15 is 0 Å². The van der Waals surface area contributed by atoms with Crippen molar-refractivity contribution >= 4 is 27.5 Å². The van der Waals surface area contributed by atoms with Gasteiger partial charge in [-0.05, 0) is 22.9 Å². The van der Waals surface area contributed by atoms with Crippen molar-refractivity contribution in [3.8, 4) is 28.6 Å². The van der Waals surface area contributed by atoms with E-state index in [1.807, 2.05) is 6.92 Å². The number of methoxy groups -OCH3 is 3. The van der Waals surface area contributed by atoms with E-state index in [2.05, 4.69) is 25.9 Å². The van der Waals surface area contributed by atoms with Crippen LogP contribution in [0.4, 0.5) is 0 Å². The molecular formula is C14H14BrClN2O3. The molecule has 0 radical (unpaired) electrons. The van der Waals surface area contributed by atoms with Crippen molar-refractivity contribution < 1.29 is 14.2 Å². The lowest BCUT2D eigenvalue weighted by atomic mass is 10.1. The summed E-state index contributed by atoms with van der Waals surface area (Å²) in [7, 11) is 4.70. The van der Waals surface area contributed by atoms with Crippen LogP contribution >= 0.6 is 27.5 Å². The van der Waals surface area contributed by atoms with Crippen LogP contribution in [0.3, 0.4) is 0 Å². The maximum absolute atomic E-state index is 6.11. The largest absolute Gasteiger partial charge is 0.496 e. The molecule has 2 rings (SSSR count). The van der Waals surface area contributed by atoms with Crippen LogP contribution in [0.15, 0.2) is 16.6 Å². The molecule has 0 aliphatic carbocycles. The van der Waals surface area contributed by atoms with Gasteiger partial charge in [0.1, 0.15) is 28.0 Å². The SMILES string of the molecule is COc1cc(OC)c(-c2nc(C)c(Br)c(Cl)n2)c(OC)c1. The van der Waals surface area contributed by atoms with E-state index in [1.165, 1.54) is 0 Å². The smallest absolute Gasteiger partial charge is 0.168 e. The van der Waals surface area contributed by atoms with Gasteiger partial charge in [-0.3, -0.25) is 0 Å². The van der Waals surface area contributed by atoms with E-state index in [4.69, 9.17) is 25.8 Å². The van der Waals surface area contributed by atoms with Gasteiger partial charge in [0.2, 0.25) is 0 Å². The second-order valence-electron chi connectivity index (χ2n) is 4.14. The minimum Gasteiger partial charge on any atom is -0.496 e. The molecule has 0 atom stereocenters. The average Bonchev–Trinajstić information content (AvgIpc) is 2.50. The Morgan fingerprint density at radius 1 is 1.00 bits per heavy atom. The summed E-state index contributed by atoms with van der Waals surface area (Å²) in [5, 5.41) is 0.331. The number of aromatic nitrogens is 2. The Balaban J connectivity index is 2.73. The van der Waals surface area contributed by atoms with Gasteiger partial charge in [-0.2, -0.15) is 0 Å². The summed E-state index contributed by atoms with van der Waals surface area (Å²) in [5.74, 6) is 2.14. The molecule has 0 saturated heterocycles. The second kappa shape index (κ2) is 6.49. The van der Waals surface area contributed by atoms with Crippen molar-refractivity contribution in [2.75, 3.05) is 21.3 Å². The molecule has 2 aromatic rings. The monoisotopic (exact) mass is 372 g/mol. The molecule has 0 amide bonds. The van der Waals surface area contributed by atoms with Gasteiger partial charge in [0.25, 0.3) is 0 Å². The highest BCUT2D eigenvalue weighted by Gasteiger charge is 2.19. The number of nitrogens with zero attached hydrogens (tertiary/aromatic N) is 2. The van der Waals surface area contributed by atoms with E-state index in [9.17, 15) is 0 Å². The fraction of sp³-hybridized carbons (Fsp3) is 0.286. The van der Waals surface area contributed by atoms with Crippen LogP contribution in [0.5, 0.6) is 17.2 Å². The number of aryl methyl sites for hydroxylation is 1. The van der Waals surface area contributed by atoms with Crippen molar-refractivity contribution in [3.63, 3.8) is 0 Å². The van der Waals surface area contributed by atoms with Gasteiger partial charge in [-0.15, -0.1) is 0 Å². The lowest BCUT2D eigenvalue weighted by Crippen LogP contribution is -2.00. The minimum atomic E-state index is 0.331. The third-order valence-corrected chi connectivity index (χ3v) is 4.37. The topological polar surface area (TPSA) is 53.5 Å². The molecule has 0 spiro atoms. The predicted octanol–water partition coefficient (Wildman–Crippen LogP) is 3.89. The minimum absolute atomic E-state index is 0.331. The molecule has 0 fully saturated rings. The first-order valence-electron chi connectivity index (χ1n) is 6.01.